The molecule has 0 fully saturated rings. The lowest BCUT2D eigenvalue weighted by Crippen LogP contribution is -1.97. The summed E-state index contributed by atoms with van der Waals surface area (Å²) in [5, 5.41) is 8.57. The standard InChI is InChI=1S/C14H17FO2/c1-2-9-17-11-13-7-6-12(10-14(13)15)5-3-4-8-16/h6-7,10,16H,2,4,8-9,11H2,1H3. The topological polar surface area (TPSA) is 29.5 Å². The fraction of sp³-hybridized carbons (Fsp3) is 0.429. The fourth-order valence-electron chi connectivity index (χ4n) is 1.29. The second-order valence-corrected chi connectivity index (χ2v) is 3.63. The van der Waals surface area contributed by atoms with Crippen molar-refractivity contribution in [2.45, 2.75) is 26.4 Å². The van der Waals surface area contributed by atoms with E-state index in [9.17, 15) is 4.39 Å². The molecule has 1 rings (SSSR count). The van der Waals surface area contributed by atoms with Gasteiger partial charge in [-0.3, -0.25) is 0 Å². The van der Waals surface area contributed by atoms with Crippen molar-refractivity contribution in [2.75, 3.05) is 13.2 Å². The van der Waals surface area contributed by atoms with Gasteiger partial charge in [0.25, 0.3) is 0 Å². The Bertz CT molecular complexity index is 404. The first-order chi connectivity index (χ1) is 8.27. The molecule has 0 atom stereocenters. The minimum atomic E-state index is -0.295. The Labute approximate surface area is 101 Å². The van der Waals surface area contributed by atoms with Gasteiger partial charge in [0, 0.05) is 24.2 Å². The summed E-state index contributed by atoms with van der Waals surface area (Å²) in [6.45, 7) is 2.97. The zero-order valence-electron chi connectivity index (χ0n) is 10.0. The molecule has 0 aliphatic heterocycles. The normalized spacial score (nSPS) is 9.82. The molecule has 0 aromatic heterocycles. The third-order valence-corrected chi connectivity index (χ3v) is 2.13. The van der Waals surface area contributed by atoms with Crippen molar-refractivity contribution in [2.24, 2.45) is 0 Å². The maximum Gasteiger partial charge on any atom is 0.129 e. The average molecular weight is 236 g/mol. The van der Waals surface area contributed by atoms with Gasteiger partial charge in [0.05, 0.1) is 13.2 Å². The predicted molar refractivity (Wildman–Crippen MR) is 64.9 cm³/mol. The van der Waals surface area contributed by atoms with Crippen molar-refractivity contribution in [3.05, 3.63) is 35.1 Å². The van der Waals surface area contributed by atoms with Crippen molar-refractivity contribution in [1.82, 2.24) is 0 Å². The van der Waals surface area contributed by atoms with E-state index in [-0.39, 0.29) is 12.4 Å². The minimum absolute atomic E-state index is 0.0262. The molecule has 0 radical (unpaired) electrons. The molecule has 1 aromatic rings. The number of benzene rings is 1. The zero-order valence-corrected chi connectivity index (χ0v) is 10.0. The lowest BCUT2D eigenvalue weighted by molar-refractivity contribution is 0.119. The maximum atomic E-state index is 13.6. The van der Waals surface area contributed by atoms with Crippen molar-refractivity contribution in [3.8, 4) is 11.8 Å². The van der Waals surface area contributed by atoms with Crippen molar-refractivity contribution < 1.29 is 14.2 Å². The molecule has 0 saturated heterocycles. The molecule has 2 nitrogen and oxygen atoms in total. The summed E-state index contributed by atoms with van der Waals surface area (Å²) < 4.78 is 18.9. The second-order valence-electron chi connectivity index (χ2n) is 3.63. The summed E-state index contributed by atoms with van der Waals surface area (Å²) in [6.07, 6.45) is 1.33. The quantitative estimate of drug-likeness (QED) is 0.628. The van der Waals surface area contributed by atoms with E-state index in [1.807, 2.05) is 6.92 Å². The molecule has 17 heavy (non-hydrogen) atoms. The van der Waals surface area contributed by atoms with Gasteiger partial charge in [-0.05, 0) is 18.6 Å². The Balaban J connectivity index is 2.63. The van der Waals surface area contributed by atoms with Gasteiger partial charge in [-0.25, -0.2) is 4.39 Å². The van der Waals surface area contributed by atoms with Crippen LogP contribution in [-0.2, 0) is 11.3 Å². The Morgan fingerprint density at radius 2 is 2.24 bits per heavy atom. The lowest BCUT2D eigenvalue weighted by Gasteiger charge is -2.04. The molecule has 0 heterocycles. The molecular formula is C14H17FO2. The molecule has 0 aliphatic rings. The smallest absolute Gasteiger partial charge is 0.129 e. The average Bonchev–Trinajstić information content (AvgIpc) is 2.32. The summed E-state index contributed by atoms with van der Waals surface area (Å²) in [6, 6.07) is 4.85. The SMILES string of the molecule is CCCOCc1ccc(C#CCCO)cc1F. The van der Waals surface area contributed by atoms with Crippen LogP contribution in [0.3, 0.4) is 0 Å². The van der Waals surface area contributed by atoms with Gasteiger partial charge in [-0.1, -0.05) is 24.8 Å². The Morgan fingerprint density at radius 3 is 2.88 bits per heavy atom. The summed E-state index contributed by atoms with van der Waals surface area (Å²) in [7, 11) is 0. The molecule has 0 unspecified atom stereocenters. The minimum Gasteiger partial charge on any atom is -0.395 e. The highest BCUT2D eigenvalue weighted by molar-refractivity contribution is 5.36. The molecule has 3 heteroatoms. The molecule has 0 amide bonds. The van der Waals surface area contributed by atoms with Crippen LogP contribution in [0.2, 0.25) is 0 Å². The number of rotatable bonds is 5. The Morgan fingerprint density at radius 1 is 1.41 bits per heavy atom. The Hall–Kier alpha value is -1.37. The van der Waals surface area contributed by atoms with E-state index in [2.05, 4.69) is 11.8 Å². The highest BCUT2D eigenvalue weighted by atomic mass is 19.1. The van der Waals surface area contributed by atoms with Gasteiger partial charge in [0.2, 0.25) is 0 Å². The van der Waals surface area contributed by atoms with E-state index in [1.165, 1.54) is 6.07 Å². The van der Waals surface area contributed by atoms with Crippen LogP contribution in [0.1, 0.15) is 30.9 Å². The lowest BCUT2D eigenvalue weighted by atomic mass is 10.1. The van der Waals surface area contributed by atoms with Crippen LogP contribution in [0, 0.1) is 17.7 Å². The van der Waals surface area contributed by atoms with E-state index in [4.69, 9.17) is 9.84 Å². The third kappa shape index (κ3) is 4.99. The first-order valence-electron chi connectivity index (χ1n) is 5.73. The zero-order chi connectivity index (χ0) is 12.5. The van der Waals surface area contributed by atoms with Gasteiger partial charge in [-0.15, -0.1) is 0 Å². The molecule has 92 valence electrons. The highest BCUT2D eigenvalue weighted by Gasteiger charge is 2.02. The van der Waals surface area contributed by atoms with Crippen LogP contribution in [0.25, 0.3) is 0 Å². The summed E-state index contributed by atoms with van der Waals surface area (Å²) in [5.41, 5.74) is 1.17. The van der Waals surface area contributed by atoms with Crippen LogP contribution in [0.15, 0.2) is 18.2 Å². The van der Waals surface area contributed by atoms with Gasteiger partial charge in [0.15, 0.2) is 0 Å². The first-order valence-corrected chi connectivity index (χ1v) is 5.73. The summed E-state index contributed by atoms with van der Waals surface area (Å²) in [4.78, 5) is 0. The number of aliphatic hydroxyl groups is 1. The van der Waals surface area contributed by atoms with Gasteiger partial charge >= 0.3 is 0 Å². The molecule has 0 spiro atoms. The maximum absolute atomic E-state index is 13.6. The predicted octanol–water partition coefficient (Wildman–Crippen LogP) is 2.49. The van der Waals surface area contributed by atoms with Crippen LogP contribution in [-0.4, -0.2) is 18.3 Å². The van der Waals surface area contributed by atoms with Crippen molar-refractivity contribution in [3.63, 3.8) is 0 Å². The van der Waals surface area contributed by atoms with Crippen LogP contribution in [0.4, 0.5) is 4.39 Å². The number of hydrogen-bond donors (Lipinski definition) is 1. The van der Waals surface area contributed by atoms with Crippen LogP contribution < -0.4 is 0 Å². The summed E-state index contributed by atoms with van der Waals surface area (Å²) >= 11 is 0. The fourth-order valence-corrected chi connectivity index (χ4v) is 1.29. The van der Waals surface area contributed by atoms with Gasteiger partial charge < -0.3 is 9.84 Å². The van der Waals surface area contributed by atoms with E-state index < -0.39 is 0 Å². The van der Waals surface area contributed by atoms with E-state index in [0.717, 1.165) is 6.42 Å². The monoisotopic (exact) mass is 236 g/mol. The van der Waals surface area contributed by atoms with Crippen LogP contribution in [0.5, 0.6) is 0 Å². The number of halogens is 1. The van der Waals surface area contributed by atoms with Gasteiger partial charge in [-0.2, -0.15) is 0 Å². The molecule has 0 saturated carbocycles. The molecule has 0 bridgehead atoms. The molecule has 1 N–H and O–H groups in total. The second kappa shape index (κ2) is 7.83. The number of hydrogen-bond acceptors (Lipinski definition) is 2. The van der Waals surface area contributed by atoms with Crippen LogP contribution >= 0.6 is 0 Å². The molecule has 1 aromatic carbocycles. The number of ether oxygens (including phenoxy) is 1. The van der Waals surface area contributed by atoms with Crippen molar-refractivity contribution >= 4 is 0 Å². The molecule has 0 aliphatic carbocycles. The molecular weight excluding hydrogens is 219 g/mol. The van der Waals surface area contributed by atoms with Crippen molar-refractivity contribution in [1.29, 1.82) is 0 Å². The largest absolute Gasteiger partial charge is 0.395 e. The third-order valence-electron chi connectivity index (χ3n) is 2.13. The van der Waals surface area contributed by atoms with E-state index in [1.54, 1.807) is 12.1 Å². The highest BCUT2D eigenvalue weighted by Crippen LogP contribution is 2.11. The Kier molecular flexibility index (Phi) is 6.31. The van der Waals surface area contributed by atoms with E-state index in [0.29, 0.717) is 30.8 Å². The first kappa shape index (κ1) is 13.7. The number of aliphatic hydroxyl groups excluding tert-OH is 1. The summed E-state index contributed by atoms with van der Waals surface area (Å²) in [5.74, 6) is 5.25. The van der Waals surface area contributed by atoms with E-state index >= 15 is 0 Å². The van der Waals surface area contributed by atoms with Gasteiger partial charge in [0.1, 0.15) is 5.82 Å².